The standard InChI is InChI=1S/C23H24N2O4/c1-27-21-13-10-19(14-22(21)28-2)25-23(26)15-24-18-8-11-20(12-9-18)29-16-17-6-4-3-5-7-17/h3-14,24H,15-16H2,1-2H3,(H,25,26). The minimum absolute atomic E-state index is 0.137. The van der Waals surface area contributed by atoms with E-state index in [1.54, 1.807) is 32.4 Å². The highest BCUT2D eigenvalue weighted by atomic mass is 16.5. The molecule has 0 bridgehead atoms. The number of carbonyl (C=O) groups excluding carboxylic acids is 1. The van der Waals surface area contributed by atoms with E-state index in [0.29, 0.717) is 23.8 Å². The molecule has 0 aliphatic carbocycles. The molecule has 6 heteroatoms. The number of hydrogen-bond acceptors (Lipinski definition) is 5. The van der Waals surface area contributed by atoms with Crippen LogP contribution in [0.5, 0.6) is 17.2 Å². The topological polar surface area (TPSA) is 68.8 Å². The zero-order chi connectivity index (χ0) is 20.5. The summed E-state index contributed by atoms with van der Waals surface area (Å²) in [6.07, 6.45) is 0. The summed E-state index contributed by atoms with van der Waals surface area (Å²) in [6.45, 7) is 0.653. The second kappa shape index (κ2) is 10.0. The molecular weight excluding hydrogens is 368 g/mol. The van der Waals surface area contributed by atoms with E-state index in [-0.39, 0.29) is 12.5 Å². The quantitative estimate of drug-likeness (QED) is 0.567. The molecule has 3 aromatic rings. The lowest BCUT2D eigenvalue weighted by molar-refractivity contribution is -0.114. The number of benzene rings is 3. The van der Waals surface area contributed by atoms with Gasteiger partial charge in [0.25, 0.3) is 0 Å². The maximum atomic E-state index is 12.2. The normalized spacial score (nSPS) is 10.1. The second-order valence-electron chi connectivity index (χ2n) is 6.27. The van der Waals surface area contributed by atoms with E-state index in [2.05, 4.69) is 10.6 Å². The molecule has 6 nitrogen and oxygen atoms in total. The van der Waals surface area contributed by atoms with Crippen LogP contribution >= 0.6 is 0 Å². The Morgan fingerprint density at radius 1 is 0.828 bits per heavy atom. The average molecular weight is 392 g/mol. The van der Waals surface area contributed by atoms with E-state index in [1.165, 1.54) is 0 Å². The Kier molecular flexibility index (Phi) is 6.95. The first-order chi connectivity index (χ1) is 14.2. The van der Waals surface area contributed by atoms with E-state index in [0.717, 1.165) is 17.0 Å². The fourth-order valence-corrected chi connectivity index (χ4v) is 2.71. The maximum absolute atomic E-state index is 12.2. The fraction of sp³-hybridized carbons (Fsp3) is 0.174. The van der Waals surface area contributed by atoms with E-state index < -0.39 is 0 Å². The Hall–Kier alpha value is -3.67. The first-order valence-electron chi connectivity index (χ1n) is 9.20. The molecule has 3 rings (SSSR count). The molecule has 3 aromatic carbocycles. The number of carbonyl (C=O) groups is 1. The van der Waals surface area contributed by atoms with Gasteiger partial charge < -0.3 is 24.8 Å². The number of amides is 1. The molecule has 0 unspecified atom stereocenters. The van der Waals surface area contributed by atoms with E-state index in [9.17, 15) is 4.79 Å². The molecule has 0 atom stereocenters. The van der Waals surface area contributed by atoms with Crippen molar-refractivity contribution in [2.24, 2.45) is 0 Å². The maximum Gasteiger partial charge on any atom is 0.243 e. The number of hydrogen-bond donors (Lipinski definition) is 2. The highest BCUT2D eigenvalue weighted by Crippen LogP contribution is 2.29. The molecule has 0 radical (unpaired) electrons. The van der Waals surface area contributed by atoms with Crippen molar-refractivity contribution in [3.63, 3.8) is 0 Å². The van der Waals surface area contributed by atoms with Crippen molar-refractivity contribution in [3.8, 4) is 17.2 Å². The third kappa shape index (κ3) is 5.90. The molecule has 0 aliphatic rings. The highest BCUT2D eigenvalue weighted by Gasteiger charge is 2.07. The van der Waals surface area contributed by atoms with Gasteiger partial charge in [0.2, 0.25) is 5.91 Å². The van der Waals surface area contributed by atoms with Gasteiger partial charge in [0, 0.05) is 17.4 Å². The van der Waals surface area contributed by atoms with Crippen LogP contribution in [0.15, 0.2) is 72.8 Å². The van der Waals surface area contributed by atoms with Gasteiger partial charge in [-0.2, -0.15) is 0 Å². The highest BCUT2D eigenvalue weighted by molar-refractivity contribution is 5.94. The van der Waals surface area contributed by atoms with Crippen LogP contribution in [0, 0.1) is 0 Å². The Bertz CT molecular complexity index is 927. The molecule has 0 heterocycles. The number of rotatable bonds is 9. The zero-order valence-electron chi connectivity index (χ0n) is 16.5. The molecule has 0 spiro atoms. The lowest BCUT2D eigenvalue weighted by Crippen LogP contribution is -2.21. The summed E-state index contributed by atoms with van der Waals surface area (Å²) in [4.78, 5) is 12.2. The first kappa shape index (κ1) is 20.1. The number of methoxy groups -OCH3 is 2. The molecular formula is C23H24N2O4. The molecule has 0 saturated carbocycles. The molecule has 2 N–H and O–H groups in total. The average Bonchev–Trinajstić information content (AvgIpc) is 2.77. The summed E-state index contributed by atoms with van der Waals surface area (Å²) in [6, 6.07) is 22.7. The van der Waals surface area contributed by atoms with Crippen LogP contribution < -0.4 is 24.8 Å². The SMILES string of the molecule is COc1ccc(NC(=O)CNc2ccc(OCc3ccccc3)cc2)cc1OC. The van der Waals surface area contributed by atoms with E-state index >= 15 is 0 Å². The largest absolute Gasteiger partial charge is 0.493 e. The number of anilines is 2. The van der Waals surface area contributed by atoms with Crippen LogP contribution in [0.25, 0.3) is 0 Å². The van der Waals surface area contributed by atoms with Crippen molar-refractivity contribution < 1.29 is 19.0 Å². The van der Waals surface area contributed by atoms with Crippen molar-refractivity contribution >= 4 is 17.3 Å². The summed E-state index contributed by atoms with van der Waals surface area (Å²) >= 11 is 0. The van der Waals surface area contributed by atoms with Crippen molar-refractivity contribution in [1.82, 2.24) is 0 Å². The monoisotopic (exact) mass is 392 g/mol. The summed E-state index contributed by atoms with van der Waals surface area (Å²) in [5.41, 5.74) is 2.58. The van der Waals surface area contributed by atoms with E-state index in [4.69, 9.17) is 14.2 Å². The molecule has 0 saturated heterocycles. The van der Waals surface area contributed by atoms with Gasteiger partial charge in [-0.3, -0.25) is 4.79 Å². The molecule has 1 amide bonds. The van der Waals surface area contributed by atoms with Crippen molar-refractivity contribution in [3.05, 3.63) is 78.4 Å². The molecule has 150 valence electrons. The van der Waals surface area contributed by atoms with Crippen LogP contribution in [0.1, 0.15) is 5.56 Å². The van der Waals surface area contributed by atoms with Crippen LogP contribution in [0.4, 0.5) is 11.4 Å². The predicted octanol–water partition coefficient (Wildman–Crippen LogP) is 4.33. The Labute approximate surface area is 170 Å². The number of ether oxygens (including phenoxy) is 3. The molecule has 0 aliphatic heterocycles. The summed E-state index contributed by atoms with van der Waals surface area (Å²) in [7, 11) is 3.12. The van der Waals surface area contributed by atoms with Gasteiger partial charge in [0.05, 0.1) is 20.8 Å². The Morgan fingerprint density at radius 3 is 2.21 bits per heavy atom. The van der Waals surface area contributed by atoms with Gasteiger partial charge in [-0.25, -0.2) is 0 Å². The summed E-state index contributed by atoms with van der Waals surface area (Å²) in [5.74, 6) is 1.78. The minimum atomic E-state index is -0.165. The van der Waals surface area contributed by atoms with Gasteiger partial charge in [0.1, 0.15) is 12.4 Å². The smallest absolute Gasteiger partial charge is 0.243 e. The third-order valence-corrected chi connectivity index (χ3v) is 4.22. The molecule has 29 heavy (non-hydrogen) atoms. The minimum Gasteiger partial charge on any atom is -0.493 e. The molecule has 0 aromatic heterocycles. The van der Waals surface area contributed by atoms with E-state index in [1.807, 2.05) is 54.6 Å². The van der Waals surface area contributed by atoms with Gasteiger partial charge in [-0.15, -0.1) is 0 Å². The van der Waals surface area contributed by atoms with Crippen LogP contribution in [-0.2, 0) is 11.4 Å². The van der Waals surface area contributed by atoms with Crippen molar-refractivity contribution in [2.45, 2.75) is 6.61 Å². The Morgan fingerprint density at radius 2 is 1.52 bits per heavy atom. The lowest BCUT2D eigenvalue weighted by atomic mass is 10.2. The number of nitrogens with one attached hydrogen (secondary N) is 2. The summed E-state index contributed by atoms with van der Waals surface area (Å²) in [5, 5.41) is 5.92. The van der Waals surface area contributed by atoms with Gasteiger partial charge in [-0.05, 0) is 42.0 Å². The van der Waals surface area contributed by atoms with Crippen LogP contribution in [0.2, 0.25) is 0 Å². The third-order valence-electron chi connectivity index (χ3n) is 4.22. The molecule has 0 fully saturated rings. The second-order valence-corrected chi connectivity index (χ2v) is 6.27. The Balaban J connectivity index is 1.47. The first-order valence-corrected chi connectivity index (χ1v) is 9.20. The van der Waals surface area contributed by atoms with Crippen LogP contribution in [0.3, 0.4) is 0 Å². The zero-order valence-corrected chi connectivity index (χ0v) is 16.5. The van der Waals surface area contributed by atoms with Gasteiger partial charge in [0.15, 0.2) is 11.5 Å². The van der Waals surface area contributed by atoms with Crippen molar-refractivity contribution in [2.75, 3.05) is 31.4 Å². The van der Waals surface area contributed by atoms with Gasteiger partial charge in [-0.1, -0.05) is 30.3 Å². The lowest BCUT2D eigenvalue weighted by Gasteiger charge is -2.12. The van der Waals surface area contributed by atoms with Gasteiger partial charge >= 0.3 is 0 Å². The van der Waals surface area contributed by atoms with Crippen molar-refractivity contribution in [1.29, 1.82) is 0 Å². The van der Waals surface area contributed by atoms with Crippen LogP contribution in [-0.4, -0.2) is 26.7 Å². The fourth-order valence-electron chi connectivity index (χ4n) is 2.71. The predicted molar refractivity (Wildman–Crippen MR) is 114 cm³/mol. The summed E-state index contributed by atoms with van der Waals surface area (Å²) < 4.78 is 16.2.